The summed E-state index contributed by atoms with van der Waals surface area (Å²) in [5.41, 5.74) is 3.22. The molecule has 1 amide bonds. The van der Waals surface area contributed by atoms with Crippen LogP contribution >= 0.6 is 0 Å². The smallest absolute Gasteiger partial charge is 0.412 e. The number of nitrogens with one attached hydrogen (secondary N) is 1. The molecule has 0 bridgehead atoms. The molecule has 1 N–H and O–H groups in total. The van der Waals surface area contributed by atoms with Gasteiger partial charge in [-0.2, -0.15) is 0 Å². The zero-order valence-corrected chi connectivity index (χ0v) is 20.1. The Kier molecular flexibility index (Phi) is 8.30. The highest BCUT2D eigenvalue weighted by Crippen LogP contribution is 2.34. The van der Waals surface area contributed by atoms with Crippen molar-refractivity contribution in [3.05, 3.63) is 83.9 Å². The van der Waals surface area contributed by atoms with Gasteiger partial charge in [-0.1, -0.05) is 67.6 Å². The van der Waals surface area contributed by atoms with Gasteiger partial charge in [-0.05, 0) is 44.0 Å². The lowest BCUT2D eigenvalue weighted by molar-refractivity contribution is -0.144. The second kappa shape index (κ2) is 11.4. The van der Waals surface area contributed by atoms with E-state index in [1.807, 2.05) is 72.8 Å². The zero-order valence-electron chi connectivity index (χ0n) is 20.1. The van der Waals surface area contributed by atoms with Crippen molar-refractivity contribution in [1.82, 2.24) is 0 Å². The molecule has 6 heteroatoms. The van der Waals surface area contributed by atoms with Crippen LogP contribution in [0.3, 0.4) is 0 Å². The van der Waals surface area contributed by atoms with E-state index in [4.69, 9.17) is 14.2 Å². The Morgan fingerprint density at radius 1 is 0.882 bits per heavy atom. The Morgan fingerprint density at radius 3 is 2.32 bits per heavy atom. The van der Waals surface area contributed by atoms with Crippen LogP contribution in [0.4, 0.5) is 10.5 Å². The maximum Gasteiger partial charge on any atom is 0.412 e. The van der Waals surface area contributed by atoms with Crippen molar-refractivity contribution in [2.75, 3.05) is 5.32 Å². The molecular formula is C28H31NO5. The van der Waals surface area contributed by atoms with Crippen LogP contribution in [0.5, 0.6) is 5.75 Å². The van der Waals surface area contributed by atoms with Gasteiger partial charge in [0.15, 0.2) is 0 Å². The van der Waals surface area contributed by atoms with Crippen molar-refractivity contribution in [3.63, 3.8) is 0 Å². The Morgan fingerprint density at radius 2 is 1.62 bits per heavy atom. The second-order valence-electron chi connectivity index (χ2n) is 8.78. The standard InChI is InChI=1S/C28H31NO5/c1-5-25(30)33-19-22-14-10-16-24(26(22)29-27(31)34-28(2,3)4)21-13-9-15-23(17-21)32-18-20-11-7-6-8-12-20/h6-17H,5,18-19H2,1-4H3,(H,29,31). The molecule has 0 spiro atoms. The van der Waals surface area contributed by atoms with Crippen molar-refractivity contribution in [2.45, 2.75) is 52.9 Å². The first-order chi connectivity index (χ1) is 16.2. The molecule has 0 aromatic heterocycles. The number of para-hydroxylation sites is 1. The van der Waals surface area contributed by atoms with E-state index >= 15 is 0 Å². The predicted molar refractivity (Wildman–Crippen MR) is 133 cm³/mol. The van der Waals surface area contributed by atoms with Gasteiger partial charge in [0.25, 0.3) is 0 Å². The molecule has 0 atom stereocenters. The molecule has 0 fully saturated rings. The average molecular weight is 462 g/mol. The topological polar surface area (TPSA) is 73.9 Å². The lowest BCUT2D eigenvalue weighted by atomic mass is 10.00. The third kappa shape index (κ3) is 7.37. The third-order valence-electron chi connectivity index (χ3n) is 4.85. The summed E-state index contributed by atoms with van der Waals surface area (Å²) in [5, 5.41) is 2.86. The molecule has 0 heterocycles. The third-order valence-corrected chi connectivity index (χ3v) is 4.85. The number of hydrogen-bond donors (Lipinski definition) is 1. The van der Waals surface area contributed by atoms with E-state index in [0.29, 0.717) is 23.6 Å². The second-order valence-corrected chi connectivity index (χ2v) is 8.78. The Bertz CT molecular complexity index is 1120. The summed E-state index contributed by atoms with van der Waals surface area (Å²) in [6.45, 7) is 7.62. The minimum Gasteiger partial charge on any atom is -0.489 e. The number of hydrogen-bond acceptors (Lipinski definition) is 5. The number of anilines is 1. The fraction of sp³-hybridized carbons (Fsp3) is 0.286. The summed E-state index contributed by atoms with van der Waals surface area (Å²) in [6, 6.07) is 23.1. The molecule has 0 aliphatic heterocycles. The van der Waals surface area contributed by atoms with E-state index in [-0.39, 0.29) is 19.0 Å². The van der Waals surface area contributed by atoms with Gasteiger partial charge < -0.3 is 14.2 Å². The monoisotopic (exact) mass is 461 g/mol. The predicted octanol–water partition coefficient (Wildman–Crippen LogP) is 6.73. The molecule has 3 rings (SSSR count). The lowest BCUT2D eigenvalue weighted by Gasteiger charge is -2.22. The van der Waals surface area contributed by atoms with Crippen molar-refractivity contribution in [2.24, 2.45) is 0 Å². The van der Waals surface area contributed by atoms with Crippen LogP contribution in [0, 0.1) is 0 Å². The summed E-state index contributed by atoms with van der Waals surface area (Å²) in [4.78, 5) is 24.4. The summed E-state index contributed by atoms with van der Waals surface area (Å²) in [7, 11) is 0. The summed E-state index contributed by atoms with van der Waals surface area (Å²) >= 11 is 0. The van der Waals surface area contributed by atoms with Crippen LogP contribution < -0.4 is 10.1 Å². The van der Waals surface area contributed by atoms with Crippen LogP contribution in [0.25, 0.3) is 11.1 Å². The van der Waals surface area contributed by atoms with Gasteiger partial charge in [-0.3, -0.25) is 10.1 Å². The molecule has 0 radical (unpaired) electrons. The number of ether oxygens (including phenoxy) is 3. The summed E-state index contributed by atoms with van der Waals surface area (Å²) in [5.74, 6) is 0.386. The van der Waals surface area contributed by atoms with Crippen LogP contribution in [-0.2, 0) is 27.5 Å². The molecule has 0 saturated carbocycles. The minimum atomic E-state index is -0.654. The number of esters is 1. The van der Waals surface area contributed by atoms with E-state index in [0.717, 1.165) is 16.7 Å². The van der Waals surface area contributed by atoms with Crippen LogP contribution in [-0.4, -0.2) is 17.7 Å². The first-order valence-electron chi connectivity index (χ1n) is 11.3. The molecule has 3 aromatic rings. The van der Waals surface area contributed by atoms with Crippen molar-refractivity contribution in [3.8, 4) is 16.9 Å². The fourth-order valence-electron chi connectivity index (χ4n) is 3.27. The highest BCUT2D eigenvalue weighted by molar-refractivity contribution is 5.93. The van der Waals surface area contributed by atoms with E-state index in [1.54, 1.807) is 27.7 Å². The number of carbonyl (C=O) groups is 2. The first-order valence-corrected chi connectivity index (χ1v) is 11.3. The molecule has 0 aliphatic rings. The highest BCUT2D eigenvalue weighted by Gasteiger charge is 2.20. The number of amides is 1. The zero-order chi connectivity index (χ0) is 24.6. The van der Waals surface area contributed by atoms with Gasteiger partial charge in [0.05, 0.1) is 5.69 Å². The number of carbonyl (C=O) groups excluding carboxylic acids is 2. The van der Waals surface area contributed by atoms with Crippen LogP contribution in [0.2, 0.25) is 0 Å². The van der Waals surface area contributed by atoms with Gasteiger partial charge in [0, 0.05) is 17.5 Å². The lowest BCUT2D eigenvalue weighted by Crippen LogP contribution is -2.27. The highest BCUT2D eigenvalue weighted by atomic mass is 16.6. The summed E-state index contributed by atoms with van der Waals surface area (Å²) in [6.07, 6.45) is -0.311. The fourth-order valence-corrected chi connectivity index (χ4v) is 3.27. The van der Waals surface area contributed by atoms with Gasteiger partial charge in [0.2, 0.25) is 0 Å². The van der Waals surface area contributed by atoms with E-state index in [9.17, 15) is 9.59 Å². The molecular weight excluding hydrogens is 430 g/mol. The van der Waals surface area contributed by atoms with Crippen LogP contribution in [0.1, 0.15) is 45.2 Å². The van der Waals surface area contributed by atoms with E-state index in [2.05, 4.69) is 5.32 Å². The van der Waals surface area contributed by atoms with Crippen LogP contribution in [0.15, 0.2) is 72.8 Å². The SMILES string of the molecule is CCC(=O)OCc1cccc(-c2cccc(OCc3ccccc3)c2)c1NC(=O)OC(C)(C)C. The van der Waals surface area contributed by atoms with Crippen molar-refractivity contribution >= 4 is 17.7 Å². The minimum absolute atomic E-state index is 0.0375. The van der Waals surface area contributed by atoms with Gasteiger partial charge in [0.1, 0.15) is 24.6 Å². The Labute approximate surface area is 200 Å². The maximum atomic E-state index is 12.6. The van der Waals surface area contributed by atoms with Gasteiger partial charge >= 0.3 is 12.1 Å². The quantitative estimate of drug-likeness (QED) is 0.376. The van der Waals surface area contributed by atoms with E-state index in [1.165, 1.54) is 0 Å². The first kappa shape index (κ1) is 24.8. The Hall–Kier alpha value is -3.80. The normalized spacial score (nSPS) is 10.9. The summed E-state index contributed by atoms with van der Waals surface area (Å²) < 4.78 is 16.8. The van der Waals surface area contributed by atoms with E-state index < -0.39 is 11.7 Å². The number of rotatable bonds is 8. The Balaban J connectivity index is 1.91. The van der Waals surface area contributed by atoms with Gasteiger partial charge in [-0.15, -0.1) is 0 Å². The molecule has 0 unspecified atom stereocenters. The molecule has 0 aliphatic carbocycles. The molecule has 3 aromatic carbocycles. The largest absolute Gasteiger partial charge is 0.489 e. The average Bonchev–Trinajstić information content (AvgIpc) is 2.81. The molecule has 0 saturated heterocycles. The van der Waals surface area contributed by atoms with Crippen molar-refractivity contribution < 1.29 is 23.8 Å². The maximum absolute atomic E-state index is 12.6. The molecule has 178 valence electrons. The van der Waals surface area contributed by atoms with Gasteiger partial charge in [-0.25, -0.2) is 4.79 Å². The van der Waals surface area contributed by atoms with Crippen molar-refractivity contribution in [1.29, 1.82) is 0 Å². The number of benzene rings is 3. The molecule has 6 nitrogen and oxygen atoms in total. The molecule has 34 heavy (non-hydrogen) atoms.